The number of aromatic nitrogens is 3. The average Bonchev–Trinajstić information content (AvgIpc) is 3.27. The number of piperidine rings is 1. The molecular formula is C21H24N6O2S. The van der Waals surface area contributed by atoms with E-state index in [1.165, 1.54) is 11.3 Å². The molecule has 1 fully saturated rings. The van der Waals surface area contributed by atoms with Gasteiger partial charge in [0.2, 0.25) is 0 Å². The zero-order valence-electron chi connectivity index (χ0n) is 17.0. The molecule has 3 aromatic heterocycles. The predicted octanol–water partition coefficient (Wildman–Crippen LogP) is 3.39. The molecular weight excluding hydrogens is 400 g/mol. The molecule has 0 bridgehead atoms. The highest BCUT2D eigenvalue weighted by Crippen LogP contribution is 2.26. The molecule has 4 heterocycles. The molecule has 1 aliphatic heterocycles. The molecule has 0 aliphatic carbocycles. The maximum atomic E-state index is 11.8. The number of thiazole rings is 1. The van der Waals surface area contributed by atoms with Crippen LogP contribution in [0.4, 0.5) is 16.6 Å². The van der Waals surface area contributed by atoms with Gasteiger partial charge >= 0.3 is 0 Å². The van der Waals surface area contributed by atoms with E-state index in [4.69, 9.17) is 4.74 Å². The van der Waals surface area contributed by atoms with Crippen LogP contribution in [0.25, 0.3) is 0 Å². The van der Waals surface area contributed by atoms with E-state index < -0.39 is 0 Å². The molecule has 4 rings (SSSR count). The summed E-state index contributed by atoms with van der Waals surface area (Å²) in [4.78, 5) is 27.1. The van der Waals surface area contributed by atoms with E-state index in [1.54, 1.807) is 25.5 Å². The fraction of sp³-hybridized carbons (Fsp3) is 0.333. The highest BCUT2D eigenvalue weighted by atomic mass is 32.1. The lowest BCUT2D eigenvalue weighted by molar-refractivity contribution is 0.0958. The van der Waals surface area contributed by atoms with Crippen LogP contribution in [0.5, 0.6) is 5.75 Å². The summed E-state index contributed by atoms with van der Waals surface area (Å²) in [5, 5.41) is 8.52. The van der Waals surface area contributed by atoms with Crippen LogP contribution in [0.2, 0.25) is 0 Å². The van der Waals surface area contributed by atoms with E-state index in [1.807, 2.05) is 30.5 Å². The number of hydrogen-bond donors (Lipinski definition) is 2. The summed E-state index contributed by atoms with van der Waals surface area (Å²) in [6.07, 6.45) is 5.46. The van der Waals surface area contributed by atoms with E-state index in [0.717, 1.165) is 54.0 Å². The van der Waals surface area contributed by atoms with Gasteiger partial charge in [-0.15, -0.1) is 11.3 Å². The third-order valence-electron chi connectivity index (χ3n) is 5.00. The molecule has 0 radical (unpaired) electrons. The van der Waals surface area contributed by atoms with E-state index in [9.17, 15) is 4.79 Å². The summed E-state index contributed by atoms with van der Waals surface area (Å²) < 4.78 is 6.20. The van der Waals surface area contributed by atoms with Gasteiger partial charge in [0.25, 0.3) is 5.91 Å². The van der Waals surface area contributed by atoms with Crippen molar-refractivity contribution < 1.29 is 9.53 Å². The second-order valence-corrected chi connectivity index (χ2v) is 7.92. The lowest BCUT2D eigenvalue weighted by Crippen LogP contribution is -2.38. The van der Waals surface area contributed by atoms with E-state index >= 15 is 0 Å². The van der Waals surface area contributed by atoms with Crippen molar-refractivity contribution >= 4 is 33.9 Å². The third kappa shape index (κ3) is 4.68. The highest BCUT2D eigenvalue weighted by Gasteiger charge is 2.22. The zero-order valence-corrected chi connectivity index (χ0v) is 17.8. The predicted molar refractivity (Wildman–Crippen MR) is 118 cm³/mol. The first kappa shape index (κ1) is 20.1. The van der Waals surface area contributed by atoms with Gasteiger partial charge in [-0.3, -0.25) is 4.79 Å². The summed E-state index contributed by atoms with van der Waals surface area (Å²) in [6.45, 7) is 3.70. The molecule has 2 N–H and O–H groups in total. The molecule has 0 unspecified atom stereocenters. The number of carbonyl (C=O) groups is 1. The quantitative estimate of drug-likeness (QED) is 0.627. The van der Waals surface area contributed by atoms with Crippen LogP contribution in [0.1, 0.15) is 29.0 Å². The summed E-state index contributed by atoms with van der Waals surface area (Å²) in [6, 6.07) is 7.54. The van der Waals surface area contributed by atoms with Gasteiger partial charge in [0.05, 0.1) is 11.4 Å². The first-order chi connectivity index (χ1) is 14.6. The van der Waals surface area contributed by atoms with E-state index in [2.05, 4.69) is 30.5 Å². The first-order valence-corrected chi connectivity index (χ1v) is 10.7. The Morgan fingerprint density at radius 3 is 2.73 bits per heavy atom. The minimum Gasteiger partial charge on any atom is -0.490 e. The number of hydrogen-bond acceptors (Lipinski definition) is 8. The molecule has 0 spiro atoms. The molecule has 1 saturated heterocycles. The molecule has 3 aromatic rings. The lowest BCUT2D eigenvalue weighted by atomic mass is 10.1. The molecule has 0 saturated carbocycles. The number of nitrogens with one attached hydrogen (secondary N) is 2. The summed E-state index contributed by atoms with van der Waals surface area (Å²) in [7, 11) is 1.61. The Bertz CT molecular complexity index is 1000. The van der Waals surface area contributed by atoms with Gasteiger partial charge in [0.1, 0.15) is 23.4 Å². The fourth-order valence-corrected chi connectivity index (χ4v) is 4.03. The van der Waals surface area contributed by atoms with Gasteiger partial charge in [-0.25, -0.2) is 15.0 Å². The van der Waals surface area contributed by atoms with Gasteiger partial charge in [-0.1, -0.05) is 0 Å². The summed E-state index contributed by atoms with van der Waals surface area (Å²) in [5.74, 6) is 1.35. The van der Waals surface area contributed by atoms with Crippen molar-refractivity contribution in [1.29, 1.82) is 0 Å². The first-order valence-electron chi connectivity index (χ1n) is 9.86. The Morgan fingerprint density at radius 1 is 1.20 bits per heavy atom. The SMILES string of the molecule is CNC(=O)c1ccc(N2CCC(Oc3ccnc(Nc4nccs4)c3)CC2)c(C)n1. The molecule has 0 aromatic carbocycles. The normalized spacial score (nSPS) is 14.4. The number of amides is 1. The van der Waals surface area contributed by atoms with E-state index in [-0.39, 0.29) is 12.0 Å². The number of ether oxygens (including phenoxy) is 1. The monoisotopic (exact) mass is 424 g/mol. The molecule has 9 heteroatoms. The summed E-state index contributed by atoms with van der Waals surface area (Å²) in [5.41, 5.74) is 2.37. The third-order valence-corrected chi connectivity index (χ3v) is 5.69. The smallest absolute Gasteiger partial charge is 0.269 e. The van der Waals surface area contributed by atoms with Gasteiger partial charge in [0, 0.05) is 56.8 Å². The lowest BCUT2D eigenvalue weighted by Gasteiger charge is -2.34. The van der Waals surface area contributed by atoms with Crippen molar-refractivity contribution in [3.63, 3.8) is 0 Å². The number of nitrogens with zero attached hydrogens (tertiary/aromatic N) is 4. The second-order valence-electron chi connectivity index (χ2n) is 7.02. The fourth-order valence-electron chi connectivity index (χ4n) is 3.50. The number of anilines is 3. The van der Waals surface area contributed by atoms with Crippen LogP contribution >= 0.6 is 11.3 Å². The molecule has 1 aliphatic rings. The van der Waals surface area contributed by atoms with Gasteiger partial charge in [-0.05, 0) is 25.1 Å². The van der Waals surface area contributed by atoms with Crippen molar-refractivity contribution in [2.75, 3.05) is 30.4 Å². The standard InChI is InChI=1S/C21H24N6O2S/c1-14-18(4-3-17(25-14)20(28)22-2)27-10-6-15(7-11-27)29-16-5-8-23-19(13-16)26-21-24-9-12-30-21/h3-5,8-9,12-13,15H,6-7,10-11H2,1-2H3,(H,22,28)(H,23,24,26). The van der Waals surface area contributed by atoms with Crippen molar-refractivity contribution in [2.24, 2.45) is 0 Å². The highest BCUT2D eigenvalue weighted by molar-refractivity contribution is 7.13. The second kappa shape index (κ2) is 9.08. The maximum absolute atomic E-state index is 11.8. The van der Waals surface area contributed by atoms with Gasteiger partial charge in [0.15, 0.2) is 5.13 Å². The van der Waals surface area contributed by atoms with Crippen molar-refractivity contribution in [2.45, 2.75) is 25.9 Å². The van der Waals surface area contributed by atoms with Gasteiger partial charge in [-0.2, -0.15) is 0 Å². The molecule has 8 nitrogen and oxygen atoms in total. The number of carbonyl (C=O) groups excluding carboxylic acids is 1. The topological polar surface area (TPSA) is 92.3 Å². The Morgan fingerprint density at radius 2 is 2.03 bits per heavy atom. The molecule has 30 heavy (non-hydrogen) atoms. The van der Waals surface area contributed by atoms with Crippen LogP contribution in [0, 0.1) is 6.92 Å². The number of aryl methyl sites for hydroxylation is 1. The minimum atomic E-state index is -0.169. The van der Waals surface area contributed by atoms with Crippen LogP contribution in [-0.4, -0.2) is 47.1 Å². The Hall–Kier alpha value is -3.20. The molecule has 0 atom stereocenters. The zero-order chi connectivity index (χ0) is 20.9. The number of pyridine rings is 2. The minimum absolute atomic E-state index is 0.148. The maximum Gasteiger partial charge on any atom is 0.269 e. The van der Waals surface area contributed by atoms with Crippen LogP contribution in [0.15, 0.2) is 42.0 Å². The Balaban J connectivity index is 1.34. The summed E-state index contributed by atoms with van der Waals surface area (Å²) >= 11 is 1.53. The van der Waals surface area contributed by atoms with E-state index in [0.29, 0.717) is 5.69 Å². The average molecular weight is 425 g/mol. The largest absolute Gasteiger partial charge is 0.490 e. The molecule has 156 valence electrons. The van der Waals surface area contributed by atoms with Gasteiger partial charge < -0.3 is 20.3 Å². The van der Waals surface area contributed by atoms with Crippen molar-refractivity contribution in [1.82, 2.24) is 20.3 Å². The molecule has 1 amide bonds. The number of rotatable bonds is 6. The Kier molecular flexibility index (Phi) is 6.08. The van der Waals surface area contributed by atoms with Crippen LogP contribution in [0.3, 0.4) is 0 Å². The van der Waals surface area contributed by atoms with Crippen molar-refractivity contribution in [3.8, 4) is 5.75 Å². The van der Waals surface area contributed by atoms with Crippen molar-refractivity contribution in [3.05, 3.63) is 53.4 Å². The van der Waals surface area contributed by atoms with Crippen LogP contribution in [-0.2, 0) is 0 Å². The Labute approximate surface area is 179 Å². The van der Waals surface area contributed by atoms with Crippen LogP contribution < -0.4 is 20.3 Å².